The summed E-state index contributed by atoms with van der Waals surface area (Å²) in [7, 11) is -3.79. The second kappa shape index (κ2) is 10.5. The van der Waals surface area contributed by atoms with Gasteiger partial charge in [-0.25, -0.2) is 13.2 Å². The molecule has 3 unspecified atom stereocenters. The SMILES string of the molecule is CCCC(NC(=O)Oc1cc2sccc2s1)C(=O)N1CCC2C1C(=O)CN2S(=O)(=O)Cc1cccnc1. The summed E-state index contributed by atoms with van der Waals surface area (Å²) < 4.78 is 34.9. The highest BCUT2D eigenvalue weighted by Gasteiger charge is 2.54. The van der Waals surface area contributed by atoms with Gasteiger partial charge in [0, 0.05) is 34.4 Å². The second-order valence-corrected chi connectivity index (χ2v) is 13.0. The minimum absolute atomic E-state index is 0.233. The van der Waals surface area contributed by atoms with Gasteiger partial charge in [0.1, 0.15) is 12.1 Å². The van der Waals surface area contributed by atoms with E-state index in [1.54, 1.807) is 35.7 Å². The summed E-state index contributed by atoms with van der Waals surface area (Å²) in [6.07, 6.45) is 3.63. The lowest BCUT2D eigenvalue weighted by Crippen LogP contribution is -2.53. The molecule has 3 aromatic rings. The molecule has 3 atom stereocenters. The van der Waals surface area contributed by atoms with Crippen molar-refractivity contribution in [3.63, 3.8) is 0 Å². The molecule has 13 heteroatoms. The molecule has 1 N–H and O–H groups in total. The average molecular weight is 563 g/mol. The lowest BCUT2D eigenvalue weighted by molar-refractivity contribution is -0.138. The minimum atomic E-state index is -3.79. The Morgan fingerprint density at radius 2 is 2.14 bits per heavy atom. The number of fused-ring (bicyclic) bond motifs is 2. The Morgan fingerprint density at radius 1 is 1.30 bits per heavy atom. The monoisotopic (exact) mass is 562 g/mol. The van der Waals surface area contributed by atoms with Crippen LogP contribution >= 0.6 is 22.7 Å². The minimum Gasteiger partial charge on any atom is -0.399 e. The van der Waals surface area contributed by atoms with Crippen molar-refractivity contribution < 1.29 is 27.5 Å². The largest absolute Gasteiger partial charge is 0.414 e. The van der Waals surface area contributed by atoms with Crippen LogP contribution in [0.5, 0.6) is 5.06 Å². The van der Waals surface area contributed by atoms with E-state index in [0.29, 0.717) is 29.9 Å². The van der Waals surface area contributed by atoms with Gasteiger partial charge in [-0.3, -0.25) is 14.6 Å². The maximum Gasteiger partial charge on any atom is 0.414 e. The first-order valence-corrected chi connectivity index (χ1v) is 15.2. The number of likely N-dealkylation sites (tertiary alicyclic amines) is 1. The number of amides is 2. The molecule has 2 aliphatic heterocycles. The maximum absolute atomic E-state index is 13.5. The zero-order valence-corrected chi connectivity index (χ0v) is 22.5. The van der Waals surface area contributed by atoms with Crippen LogP contribution in [-0.4, -0.2) is 71.6 Å². The van der Waals surface area contributed by atoms with Gasteiger partial charge in [-0.2, -0.15) is 4.31 Å². The molecular weight excluding hydrogens is 536 g/mol. The van der Waals surface area contributed by atoms with E-state index in [0.717, 1.165) is 9.40 Å². The van der Waals surface area contributed by atoms with Crippen LogP contribution in [0.2, 0.25) is 0 Å². The number of thiophene rings is 2. The van der Waals surface area contributed by atoms with E-state index in [2.05, 4.69) is 10.3 Å². The van der Waals surface area contributed by atoms with Crippen LogP contribution in [0.15, 0.2) is 42.0 Å². The summed E-state index contributed by atoms with van der Waals surface area (Å²) in [5.74, 6) is -0.988. The predicted molar refractivity (Wildman–Crippen MR) is 140 cm³/mol. The third-order valence-corrected chi connectivity index (χ3v) is 10.4. The number of ether oxygens (including phenoxy) is 1. The number of aromatic nitrogens is 1. The smallest absolute Gasteiger partial charge is 0.399 e. The first kappa shape index (κ1) is 25.8. The van der Waals surface area contributed by atoms with Gasteiger partial charge in [0.25, 0.3) is 0 Å². The van der Waals surface area contributed by atoms with Gasteiger partial charge >= 0.3 is 6.09 Å². The number of carbonyl (C=O) groups excluding carboxylic acids is 3. The van der Waals surface area contributed by atoms with E-state index in [9.17, 15) is 22.8 Å². The fourth-order valence-corrected chi connectivity index (χ4v) is 8.62. The molecule has 196 valence electrons. The number of nitrogens with zero attached hydrogens (tertiary/aromatic N) is 3. The van der Waals surface area contributed by atoms with Crippen molar-refractivity contribution in [1.82, 2.24) is 19.5 Å². The molecule has 5 heterocycles. The lowest BCUT2D eigenvalue weighted by atomic mass is 10.1. The lowest BCUT2D eigenvalue weighted by Gasteiger charge is -2.28. The molecule has 2 amide bonds. The van der Waals surface area contributed by atoms with Gasteiger partial charge in [-0.15, -0.1) is 11.3 Å². The van der Waals surface area contributed by atoms with E-state index >= 15 is 0 Å². The molecule has 2 saturated heterocycles. The van der Waals surface area contributed by atoms with Gasteiger partial charge in [-0.05, 0) is 35.9 Å². The van der Waals surface area contributed by atoms with Crippen LogP contribution in [0.25, 0.3) is 9.40 Å². The number of sulfonamides is 1. The predicted octanol–water partition coefficient (Wildman–Crippen LogP) is 3.00. The number of carbonyl (C=O) groups is 3. The molecule has 2 fully saturated rings. The van der Waals surface area contributed by atoms with Crippen LogP contribution in [0, 0.1) is 0 Å². The molecule has 37 heavy (non-hydrogen) atoms. The Bertz CT molecular complexity index is 1390. The molecule has 2 aliphatic rings. The van der Waals surface area contributed by atoms with Crippen molar-refractivity contribution in [3.05, 3.63) is 47.6 Å². The van der Waals surface area contributed by atoms with Gasteiger partial charge in [0.2, 0.25) is 15.9 Å². The van der Waals surface area contributed by atoms with Gasteiger partial charge in [0.05, 0.1) is 18.3 Å². The molecule has 0 saturated carbocycles. The Balaban J connectivity index is 1.27. The molecule has 0 radical (unpaired) electrons. The number of rotatable bonds is 8. The Hall–Kier alpha value is -2.87. The molecule has 3 aromatic heterocycles. The van der Waals surface area contributed by atoms with Crippen molar-refractivity contribution in [1.29, 1.82) is 0 Å². The van der Waals surface area contributed by atoms with Crippen LogP contribution < -0.4 is 10.1 Å². The fraction of sp³-hybridized carbons (Fsp3) is 0.417. The summed E-state index contributed by atoms with van der Waals surface area (Å²) in [4.78, 5) is 44.4. The molecule has 0 aromatic carbocycles. The average Bonchev–Trinajstić information content (AvgIpc) is 3.61. The van der Waals surface area contributed by atoms with Crippen LogP contribution in [0.1, 0.15) is 31.7 Å². The van der Waals surface area contributed by atoms with Crippen LogP contribution in [-0.2, 0) is 25.4 Å². The summed E-state index contributed by atoms with van der Waals surface area (Å²) in [5, 5.41) is 5.05. The van der Waals surface area contributed by atoms with Gasteiger partial charge < -0.3 is 15.0 Å². The van der Waals surface area contributed by atoms with Crippen LogP contribution in [0.4, 0.5) is 4.79 Å². The first-order chi connectivity index (χ1) is 17.8. The van der Waals surface area contributed by atoms with Crippen molar-refractivity contribution >= 4 is 59.9 Å². The van der Waals surface area contributed by atoms with Gasteiger partial charge in [-0.1, -0.05) is 30.7 Å². The topological polar surface area (TPSA) is 126 Å². The molecule has 5 rings (SSSR count). The zero-order chi connectivity index (χ0) is 26.2. The Kier molecular flexibility index (Phi) is 7.30. The highest BCUT2D eigenvalue weighted by molar-refractivity contribution is 7.88. The summed E-state index contributed by atoms with van der Waals surface area (Å²) in [6.45, 7) is 1.85. The van der Waals surface area contributed by atoms with Crippen molar-refractivity contribution in [2.24, 2.45) is 0 Å². The molecule has 10 nitrogen and oxygen atoms in total. The van der Waals surface area contributed by atoms with Crippen molar-refractivity contribution in [3.8, 4) is 5.06 Å². The second-order valence-electron chi connectivity index (χ2n) is 9.05. The highest BCUT2D eigenvalue weighted by atomic mass is 32.2. The molecule has 0 aliphatic carbocycles. The van der Waals surface area contributed by atoms with Crippen molar-refractivity contribution in [2.45, 2.75) is 50.1 Å². The maximum atomic E-state index is 13.5. The Labute approximate surface area is 222 Å². The number of Topliss-reactive ketones (excluding diaryl/α,β-unsaturated/α-hetero) is 1. The number of pyridine rings is 1. The highest BCUT2D eigenvalue weighted by Crippen LogP contribution is 2.35. The number of hydrogen-bond donors (Lipinski definition) is 1. The van der Waals surface area contributed by atoms with E-state index < -0.39 is 40.1 Å². The normalized spacial score (nSPS) is 20.8. The summed E-state index contributed by atoms with van der Waals surface area (Å²) in [5.41, 5.74) is 0.528. The zero-order valence-electron chi connectivity index (χ0n) is 20.0. The van der Waals surface area contributed by atoms with E-state index in [1.165, 1.54) is 26.7 Å². The van der Waals surface area contributed by atoms with E-state index in [4.69, 9.17) is 4.74 Å². The van der Waals surface area contributed by atoms with Gasteiger partial charge in [0.15, 0.2) is 10.8 Å². The Morgan fingerprint density at radius 3 is 2.86 bits per heavy atom. The van der Waals surface area contributed by atoms with E-state index in [-0.39, 0.29) is 24.6 Å². The number of nitrogens with one attached hydrogen (secondary N) is 1. The third-order valence-electron chi connectivity index (χ3n) is 6.57. The van der Waals surface area contributed by atoms with Crippen molar-refractivity contribution in [2.75, 3.05) is 13.1 Å². The quantitative estimate of drug-likeness (QED) is 0.447. The molecule has 0 spiro atoms. The number of hydrogen-bond acceptors (Lipinski definition) is 9. The standard InChI is InChI=1S/C24H26N4O6S3/c1-2-4-16(26-24(31)34-21-11-20-19(36-21)7-10-35-20)23(30)27-9-6-17-22(27)18(29)13-28(17)37(32,33)14-15-5-3-8-25-12-15/h3,5,7-8,10-12,16-17,22H,2,4,6,9,13-14H2,1H3,(H,26,31). The van der Waals surface area contributed by atoms with Crippen LogP contribution in [0.3, 0.4) is 0 Å². The first-order valence-electron chi connectivity index (χ1n) is 11.9. The fourth-order valence-electron chi connectivity index (χ4n) is 4.96. The summed E-state index contributed by atoms with van der Waals surface area (Å²) in [6, 6.07) is 4.69. The number of ketones is 1. The summed E-state index contributed by atoms with van der Waals surface area (Å²) >= 11 is 2.89. The van der Waals surface area contributed by atoms with E-state index in [1.807, 2.05) is 18.4 Å². The molecule has 0 bridgehead atoms. The molecular formula is C24H26N4O6S3. The third kappa shape index (κ3) is 5.26.